The molecule has 5 heteroatoms. The minimum absolute atomic E-state index is 0.442. The second-order valence-electron chi connectivity index (χ2n) is 4.07. The molecular formula is C12H18ClNO3. The summed E-state index contributed by atoms with van der Waals surface area (Å²) in [6, 6.07) is 4.96. The molecule has 0 amide bonds. The van der Waals surface area contributed by atoms with Gasteiger partial charge in [-0.05, 0) is 30.7 Å². The number of rotatable bonds is 3. The highest BCUT2D eigenvalue weighted by Crippen LogP contribution is 2.21. The fraction of sp³-hybridized carbons (Fsp3) is 0.417. The maximum atomic E-state index is 10.1. The van der Waals surface area contributed by atoms with Crippen LogP contribution in [-0.2, 0) is 4.79 Å². The maximum absolute atomic E-state index is 10.1. The zero-order chi connectivity index (χ0) is 13.4. The number of nitrogens with one attached hydrogen (secondary N) is 1. The third kappa shape index (κ3) is 8.54. The molecule has 0 unspecified atom stereocenters. The van der Waals surface area contributed by atoms with Gasteiger partial charge < -0.3 is 19.5 Å². The fourth-order valence-electron chi connectivity index (χ4n) is 0.911. The summed E-state index contributed by atoms with van der Waals surface area (Å²) in [4.78, 5) is 11.5. The molecular weight excluding hydrogens is 242 g/mol. The van der Waals surface area contributed by atoms with Gasteiger partial charge >= 0.3 is 0 Å². The van der Waals surface area contributed by atoms with Crippen LogP contribution >= 0.6 is 11.6 Å². The molecule has 0 saturated heterocycles. The molecule has 0 saturated carbocycles. The average Bonchev–Trinajstić information content (AvgIpc) is 2.15. The van der Waals surface area contributed by atoms with Crippen LogP contribution in [0.25, 0.3) is 0 Å². The summed E-state index contributed by atoms with van der Waals surface area (Å²) in [5, 5.41) is 10.7. The Balaban J connectivity index is 0.000000557. The van der Waals surface area contributed by atoms with Crippen LogP contribution in [-0.4, -0.2) is 33.7 Å². The molecule has 17 heavy (non-hydrogen) atoms. The Morgan fingerprint density at radius 3 is 2.35 bits per heavy atom. The summed E-state index contributed by atoms with van der Waals surface area (Å²) in [5.41, 5.74) is 0.800. The predicted octanol–water partition coefficient (Wildman–Crippen LogP) is -0.462. The number of carboxylic acid groups (broad SMARTS) is 1. The first-order valence-corrected chi connectivity index (χ1v) is 5.56. The summed E-state index contributed by atoms with van der Waals surface area (Å²) in [7, 11) is 6.25. The minimum atomic E-state index is -1.24. The highest BCUT2D eigenvalue weighted by Gasteiger charge is 1.99. The Kier molecular flexibility index (Phi) is 7.34. The van der Waals surface area contributed by atoms with Crippen molar-refractivity contribution < 1.29 is 19.5 Å². The highest BCUT2D eigenvalue weighted by molar-refractivity contribution is 6.30. The van der Waals surface area contributed by atoms with Crippen molar-refractivity contribution in [1.29, 1.82) is 0 Å². The largest absolute Gasteiger partial charge is 0.546 e. The molecule has 0 atom stereocenters. The highest BCUT2D eigenvalue weighted by atomic mass is 35.5. The Hall–Kier alpha value is -1.26. The second-order valence-corrected chi connectivity index (χ2v) is 4.51. The number of aryl methyl sites for hydroxylation is 1. The molecule has 0 aliphatic heterocycles. The number of benzene rings is 1. The lowest BCUT2D eigenvalue weighted by Gasteiger charge is -2.09. The van der Waals surface area contributed by atoms with E-state index in [1.165, 1.54) is 4.90 Å². The van der Waals surface area contributed by atoms with Gasteiger partial charge in [0.15, 0.2) is 0 Å². The number of carbonyl (C=O) groups excluding carboxylic acids is 1. The molecule has 1 N–H and O–H groups in total. The van der Waals surface area contributed by atoms with Crippen LogP contribution in [0.3, 0.4) is 0 Å². The third-order valence-corrected chi connectivity index (χ3v) is 1.72. The Morgan fingerprint density at radius 2 is 1.94 bits per heavy atom. The van der Waals surface area contributed by atoms with E-state index in [0.29, 0.717) is 10.8 Å². The van der Waals surface area contributed by atoms with Crippen LogP contribution in [0.15, 0.2) is 18.2 Å². The minimum Gasteiger partial charge on any atom is -0.546 e. The van der Waals surface area contributed by atoms with E-state index in [1.807, 2.05) is 0 Å². The molecule has 0 radical (unpaired) electrons. The first-order valence-electron chi connectivity index (χ1n) is 5.18. The van der Waals surface area contributed by atoms with E-state index in [0.717, 1.165) is 5.56 Å². The van der Waals surface area contributed by atoms with E-state index in [1.54, 1.807) is 25.1 Å². The fourth-order valence-corrected chi connectivity index (χ4v) is 1.14. The number of carboxylic acids is 1. The smallest absolute Gasteiger partial charge is 0.128 e. The van der Waals surface area contributed by atoms with Crippen molar-refractivity contribution in [2.45, 2.75) is 6.92 Å². The predicted molar refractivity (Wildman–Crippen MR) is 65.4 cm³/mol. The first-order chi connectivity index (χ1) is 7.82. The number of aliphatic carboxylic acids is 1. The van der Waals surface area contributed by atoms with Gasteiger partial charge in [-0.1, -0.05) is 11.6 Å². The van der Waals surface area contributed by atoms with Gasteiger partial charge in [-0.3, -0.25) is 0 Å². The van der Waals surface area contributed by atoms with Crippen molar-refractivity contribution in [2.75, 3.05) is 27.7 Å². The monoisotopic (exact) mass is 259 g/mol. The molecule has 1 aromatic carbocycles. The molecule has 1 rings (SSSR count). The lowest BCUT2D eigenvalue weighted by molar-refractivity contribution is -0.836. The molecule has 96 valence electrons. The molecule has 0 bridgehead atoms. The van der Waals surface area contributed by atoms with Gasteiger partial charge in [0.2, 0.25) is 0 Å². The van der Waals surface area contributed by atoms with Crippen molar-refractivity contribution in [3.63, 3.8) is 0 Å². The van der Waals surface area contributed by atoms with Gasteiger partial charge in [0.05, 0.1) is 27.1 Å². The van der Waals surface area contributed by atoms with Crippen molar-refractivity contribution in [2.24, 2.45) is 0 Å². The lowest BCUT2D eigenvalue weighted by atomic mass is 10.2. The second kappa shape index (κ2) is 7.92. The van der Waals surface area contributed by atoms with Gasteiger partial charge in [0, 0.05) is 5.02 Å². The zero-order valence-corrected chi connectivity index (χ0v) is 11.3. The molecule has 1 aromatic rings. The molecule has 0 aromatic heterocycles. The summed E-state index contributed by atoms with van der Waals surface area (Å²) in [6.45, 7) is 1.35. The Morgan fingerprint density at radius 1 is 1.41 bits per heavy atom. The van der Waals surface area contributed by atoms with Crippen LogP contribution in [0.2, 0.25) is 5.02 Å². The normalized spacial score (nSPS) is 9.53. The van der Waals surface area contributed by atoms with Crippen LogP contribution in [0, 0.1) is 6.92 Å². The number of ether oxygens (including phenoxy) is 1. The molecule has 0 heterocycles. The Bertz CT molecular complexity index is 364. The van der Waals surface area contributed by atoms with Gasteiger partial charge in [0.25, 0.3) is 0 Å². The van der Waals surface area contributed by atoms with E-state index in [2.05, 4.69) is 21.1 Å². The van der Waals surface area contributed by atoms with Crippen molar-refractivity contribution in [3.05, 3.63) is 28.8 Å². The average molecular weight is 260 g/mol. The van der Waals surface area contributed by atoms with Gasteiger partial charge in [0.1, 0.15) is 12.4 Å². The Labute approximate surface area is 107 Å². The molecule has 0 spiro atoms. The van der Waals surface area contributed by atoms with Gasteiger partial charge in [-0.25, -0.2) is 0 Å². The summed E-state index contributed by atoms with van der Waals surface area (Å²) in [5.74, 6) is -0.733. The zero-order valence-electron chi connectivity index (χ0n) is 10.5. The van der Waals surface area contributed by atoms with Crippen LogP contribution < -0.4 is 14.7 Å². The van der Waals surface area contributed by atoms with Crippen LogP contribution in [0.1, 0.15) is 5.56 Å². The standard InChI is InChI=1S/C9H9ClO3.C3H9N/c1-6-4-7(10)2-3-8(6)13-5-9(11)12;1-4(2)3/h2-4H,5H2,1H3,(H,11,12);1-3H3. The number of quaternary nitrogens is 1. The topological polar surface area (TPSA) is 53.8 Å². The lowest BCUT2D eigenvalue weighted by Crippen LogP contribution is -3.02. The number of halogens is 1. The van der Waals surface area contributed by atoms with E-state index in [-0.39, 0.29) is 0 Å². The van der Waals surface area contributed by atoms with Crippen molar-refractivity contribution >= 4 is 17.6 Å². The number of hydrogen-bond donors (Lipinski definition) is 1. The molecule has 4 nitrogen and oxygen atoms in total. The summed E-state index contributed by atoms with van der Waals surface area (Å²) >= 11 is 5.70. The summed E-state index contributed by atoms with van der Waals surface area (Å²) < 4.78 is 4.93. The molecule has 0 fully saturated rings. The number of hydrogen-bond acceptors (Lipinski definition) is 3. The van der Waals surface area contributed by atoms with Gasteiger partial charge in [-0.2, -0.15) is 0 Å². The van der Waals surface area contributed by atoms with E-state index < -0.39 is 12.6 Å². The van der Waals surface area contributed by atoms with E-state index >= 15 is 0 Å². The van der Waals surface area contributed by atoms with Crippen LogP contribution in [0.5, 0.6) is 5.75 Å². The summed E-state index contributed by atoms with van der Waals surface area (Å²) in [6.07, 6.45) is 0. The van der Waals surface area contributed by atoms with Gasteiger partial charge in [-0.15, -0.1) is 0 Å². The van der Waals surface area contributed by atoms with Crippen LogP contribution in [0.4, 0.5) is 0 Å². The number of carbonyl (C=O) groups is 1. The van der Waals surface area contributed by atoms with Crippen molar-refractivity contribution in [1.82, 2.24) is 0 Å². The quantitative estimate of drug-likeness (QED) is 0.799. The molecule has 0 aliphatic carbocycles. The first kappa shape index (κ1) is 15.7. The van der Waals surface area contributed by atoms with E-state index in [4.69, 9.17) is 16.3 Å². The third-order valence-electron chi connectivity index (χ3n) is 1.48. The maximum Gasteiger partial charge on any atom is 0.128 e. The molecule has 0 aliphatic rings. The van der Waals surface area contributed by atoms with E-state index in [9.17, 15) is 9.90 Å². The van der Waals surface area contributed by atoms with Crippen molar-refractivity contribution in [3.8, 4) is 5.75 Å². The SMILES string of the molecule is C[NH+](C)C.Cc1cc(Cl)ccc1OCC(=O)[O-].